The molecule has 0 aromatic rings. The predicted molar refractivity (Wildman–Crippen MR) is 46.7 cm³/mol. The monoisotopic (exact) mass is 162 g/mol. The van der Waals surface area contributed by atoms with E-state index in [9.17, 15) is 9.59 Å². The van der Waals surface area contributed by atoms with Crippen LogP contribution in [0.3, 0.4) is 0 Å². The molecule has 0 radical (unpaired) electrons. The first kappa shape index (κ1) is 8.65. The van der Waals surface area contributed by atoms with Gasteiger partial charge in [-0.1, -0.05) is 24.3 Å². The van der Waals surface area contributed by atoms with Crippen LogP contribution in [0.15, 0.2) is 35.5 Å². The fourth-order valence-electron chi connectivity index (χ4n) is 0.982. The van der Waals surface area contributed by atoms with Gasteiger partial charge < -0.3 is 0 Å². The number of rotatable bonds is 2. The number of aldehydes is 1. The quantitative estimate of drug-likeness (QED) is 0.578. The minimum atomic E-state index is 0.0584. The summed E-state index contributed by atoms with van der Waals surface area (Å²) in [6, 6.07) is 0. The Labute approximate surface area is 71.3 Å². The number of carbonyl (C=O) groups excluding carboxylic acids is 2. The Morgan fingerprint density at radius 3 is 2.83 bits per heavy atom. The van der Waals surface area contributed by atoms with Crippen LogP contribution in [0.1, 0.15) is 13.3 Å². The second-order valence-corrected chi connectivity index (χ2v) is 2.64. The van der Waals surface area contributed by atoms with Crippen LogP contribution in [0, 0.1) is 0 Å². The van der Waals surface area contributed by atoms with Crippen LogP contribution in [0.5, 0.6) is 0 Å². The smallest absolute Gasteiger partial charge is 0.156 e. The van der Waals surface area contributed by atoms with Gasteiger partial charge in [0.05, 0.1) is 0 Å². The Bertz CT molecular complexity index is 293. The molecule has 0 aromatic carbocycles. The van der Waals surface area contributed by atoms with E-state index in [1.54, 1.807) is 18.2 Å². The lowest BCUT2D eigenvalue weighted by atomic mass is 10.1. The SMILES string of the molecule is CC(=O)C1=CC=C(C=O)C=CC1. The Morgan fingerprint density at radius 1 is 1.50 bits per heavy atom. The normalized spacial score (nSPS) is 16.1. The van der Waals surface area contributed by atoms with Crippen LogP contribution in [-0.2, 0) is 9.59 Å². The average molecular weight is 162 g/mol. The molecule has 1 aliphatic carbocycles. The largest absolute Gasteiger partial charge is 0.298 e. The molecule has 0 fully saturated rings. The first-order chi connectivity index (χ1) is 5.74. The van der Waals surface area contributed by atoms with Gasteiger partial charge in [-0.3, -0.25) is 9.59 Å². The van der Waals surface area contributed by atoms with E-state index in [-0.39, 0.29) is 5.78 Å². The van der Waals surface area contributed by atoms with E-state index in [1.807, 2.05) is 6.08 Å². The number of allylic oxidation sites excluding steroid dienone is 6. The third kappa shape index (κ3) is 2.02. The zero-order chi connectivity index (χ0) is 8.97. The van der Waals surface area contributed by atoms with E-state index in [4.69, 9.17) is 0 Å². The lowest BCUT2D eigenvalue weighted by Gasteiger charge is -1.93. The minimum absolute atomic E-state index is 0.0584. The van der Waals surface area contributed by atoms with Crippen LogP contribution in [0.2, 0.25) is 0 Å². The Kier molecular flexibility index (Phi) is 2.75. The van der Waals surface area contributed by atoms with E-state index >= 15 is 0 Å². The van der Waals surface area contributed by atoms with Crippen molar-refractivity contribution in [2.24, 2.45) is 0 Å². The average Bonchev–Trinajstić information content (AvgIpc) is 2.28. The van der Waals surface area contributed by atoms with Gasteiger partial charge in [0.1, 0.15) is 6.29 Å². The topological polar surface area (TPSA) is 34.1 Å². The molecule has 0 atom stereocenters. The van der Waals surface area contributed by atoms with Gasteiger partial charge in [0.25, 0.3) is 0 Å². The standard InChI is InChI=1S/C10H10O2/c1-8(12)10-4-2-3-9(7-11)5-6-10/h2-3,5-7H,4H2,1H3. The summed E-state index contributed by atoms with van der Waals surface area (Å²) in [6.07, 6.45) is 8.29. The van der Waals surface area contributed by atoms with Gasteiger partial charge in [0.15, 0.2) is 5.78 Å². The summed E-state index contributed by atoms with van der Waals surface area (Å²) >= 11 is 0. The lowest BCUT2D eigenvalue weighted by Crippen LogP contribution is -1.93. The molecular formula is C10H10O2. The molecule has 0 aromatic heterocycles. The molecule has 62 valence electrons. The van der Waals surface area contributed by atoms with Gasteiger partial charge in [-0.05, 0) is 18.9 Å². The molecule has 12 heavy (non-hydrogen) atoms. The van der Waals surface area contributed by atoms with E-state index in [2.05, 4.69) is 0 Å². The second kappa shape index (κ2) is 3.81. The summed E-state index contributed by atoms with van der Waals surface area (Å²) < 4.78 is 0. The zero-order valence-corrected chi connectivity index (χ0v) is 6.91. The molecule has 2 nitrogen and oxygen atoms in total. The summed E-state index contributed by atoms with van der Waals surface area (Å²) in [5.41, 5.74) is 1.34. The lowest BCUT2D eigenvalue weighted by molar-refractivity contribution is -0.113. The summed E-state index contributed by atoms with van der Waals surface area (Å²) in [6.45, 7) is 1.53. The molecule has 0 saturated heterocycles. The van der Waals surface area contributed by atoms with Crippen molar-refractivity contribution in [2.75, 3.05) is 0 Å². The molecule has 0 bridgehead atoms. The van der Waals surface area contributed by atoms with Crippen LogP contribution in [0.4, 0.5) is 0 Å². The molecule has 0 heterocycles. The highest BCUT2D eigenvalue weighted by Gasteiger charge is 2.02. The second-order valence-electron chi connectivity index (χ2n) is 2.64. The van der Waals surface area contributed by atoms with Crippen molar-refractivity contribution in [2.45, 2.75) is 13.3 Å². The summed E-state index contributed by atoms with van der Waals surface area (Å²) in [4.78, 5) is 21.3. The Hall–Kier alpha value is -1.44. The number of ketones is 1. The van der Waals surface area contributed by atoms with Crippen LogP contribution >= 0.6 is 0 Å². The number of hydrogen-bond donors (Lipinski definition) is 0. The first-order valence-corrected chi connectivity index (χ1v) is 3.77. The zero-order valence-electron chi connectivity index (χ0n) is 6.91. The van der Waals surface area contributed by atoms with E-state index < -0.39 is 0 Å². The van der Waals surface area contributed by atoms with Crippen molar-refractivity contribution >= 4 is 12.1 Å². The molecule has 1 rings (SSSR count). The number of Topliss-reactive ketones (excluding diaryl/α,β-unsaturated/α-hetero) is 1. The van der Waals surface area contributed by atoms with Gasteiger partial charge in [0, 0.05) is 5.57 Å². The van der Waals surface area contributed by atoms with Crippen molar-refractivity contribution in [1.29, 1.82) is 0 Å². The summed E-state index contributed by atoms with van der Waals surface area (Å²) in [7, 11) is 0. The molecule has 2 heteroatoms. The number of carbonyl (C=O) groups is 2. The first-order valence-electron chi connectivity index (χ1n) is 3.77. The molecule has 0 unspecified atom stereocenters. The van der Waals surface area contributed by atoms with E-state index in [0.717, 1.165) is 11.9 Å². The van der Waals surface area contributed by atoms with Gasteiger partial charge in [-0.25, -0.2) is 0 Å². The molecule has 0 saturated carbocycles. The minimum Gasteiger partial charge on any atom is -0.298 e. The van der Waals surface area contributed by atoms with Gasteiger partial charge in [-0.2, -0.15) is 0 Å². The molecule has 0 aliphatic heterocycles. The third-order valence-corrected chi connectivity index (χ3v) is 1.71. The van der Waals surface area contributed by atoms with Crippen molar-refractivity contribution < 1.29 is 9.59 Å². The summed E-state index contributed by atoms with van der Waals surface area (Å²) in [5.74, 6) is 0.0584. The van der Waals surface area contributed by atoms with Gasteiger partial charge in [0.2, 0.25) is 0 Å². The number of hydrogen-bond acceptors (Lipinski definition) is 2. The molecule has 0 amide bonds. The molecule has 1 aliphatic rings. The fourth-order valence-corrected chi connectivity index (χ4v) is 0.982. The van der Waals surface area contributed by atoms with Crippen molar-refractivity contribution in [1.82, 2.24) is 0 Å². The highest BCUT2D eigenvalue weighted by molar-refractivity contribution is 5.94. The van der Waals surface area contributed by atoms with Gasteiger partial charge >= 0.3 is 0 Å². The van der Waals surface area contributed by atoms with E-state index in [0.29, 0.717) is 12.0 Å². The summed E-state index contributed by atoms with van der Waals surface area (Å²) in [5, 5.41) is 0. The maximum atomic E-state index is 10.9. The van der Waals surface area contributed by atoms with Crippen molar-refractivity contribution in [3.8, 4) is 0 Å². The third-order valence-electron chi connectivity index (χ3n) is 1.71. The van der Waals surface area contributed by atoms with Crippen molar-refractivity contribution in [3.05, 3.63) is 35.5 Å². The van der Waals surface area contributed by atoms with Crippen LogP contribution in [-0.4, -0.2) is 12.1 Å². The fraction of sp³-hybridized carbons (Fsp3) is 0.200. The molecular weight excluding hydrogens is 152 g/mol. The highest BCUT2D eigenvalue weighted by atomic mass is 16.1. The van der Waals surface area contributed by atoms with E-state index in [1.165, 1.54) is 6.92 Å². The van der Waals surface area contributed by atoms with Crippen LogP contribution in [0.25, 0.3) is 0 Å². The Balaban J connectivity index is 2.91. The molecule has 0 spiro atoms. The molecule has 0 N–H and O–H groups in total. The van der Waals surface area contributed by atoms with Crippen LogP contribution < -0.4 is 0 Å². The predicted octanol–water partition coefficient (Wildman–Crippen LogP) is 1.59. The maximum absolute atomic E-state index is 10.9. The van der Waals surface area contributed by atoms with Gasteiger partial charge in [-0.15, -0.1) is 0 Å². The Morgan fingerprint density at radius 2 is 2.25 bits per heavy atom. The van der Waals surface area contributed by atoms with Crippen molar-refractivity contribution in [3.63, 3.8) is 0 Å². The maximum Gasteiger partial charge on any atom is 0.156 e. The highest BCUT2D eigenvalue weighted by Crippen LogP contribution is 2.10.